The van der Waals surface area contributed by atoms with E-state index in [-0.39, 0.29) is 0 Å². The predicted octanol–water partition coefficient (Wildman–Crippen LogP) is 1.70. The summed E-state index contributed by atoms with van der Waals surface area (Å²) >= 11 is 0. The predicted molar refractivity (Wildman–Crippen MR) is 54.4 cm³/mol. The van der Waals surface area contributed by atoms with E-state index in [2.05, 4.69) is 0 Å². The largest absolute Gasteiger partial charge is 0.496 e. The highest BCUT2D eigenvalue weighted by atomic mass is 16.5. The molecule has 4 nitrogen and oxygen atoms in total. The van der Waals surface area contributed by atoms with Crippen LogP contribution in [0.3, 0.4) is 0 Å². The summed E-state index contributed by atoms with van der Waals surface area (Å²) in [4.78, 5) is 21.4. The monoisotopic (exact) mass is 208 g/mol. The molecule has 15 heavy (non-hydrogen) atoms. The van der Waals surface area contributed by atoms with Crippen LogP contribution in [0.5, 0.6) is 5.75 Å². The Kier molecular flexibility index (Phi) is 3.44. The van der Waals surface area contributed by atoms with E-state index in [4.69, 9.17) is 9.84 Å². The summed E-state index contributed by atoms with van der Waals surface area (Å²) in [6, 6.07) is 4.77. The van der Waals surface area contributed by atoms with Crippen molar-refractivity contribution in [3.8, 4) is 5.75 Å². The highest BCUT2D eigenvalue weighted by Gasteiger charge is 2.15. The molecule has 0 aliphatic rings. The molecule has 1 aromatic rings. The van der Waals surface area contributed by atoms with E-state index in [0.29, 0.717) is 23.2 Å². The van der Waals surface area contributed by atoms with Crippen LogP contribution >= 0.6 is 0 Å². The van der Waals surface area contributed by atoms with Crippen molar-refractivity contribution in [3.05, 3.63) is 29.3 Å². The summed E-state index contributed by atoms with van der Waals surface area (Å²) in [7, 11) is 1.46. The molecule has 0 bridgehead atoms. The zero-order valence-electron chi connectivity index (χ0n) is 8.56. The number of rotatable bonds is 4. The summed E-state index contributed by atoms with van der Waals surface area (Å²) in [5.74, 6) is -1.10. The van der Waals surface area contributed by atoms with E-state index in [0.717, 1.165) is 0 Å². The third kappa shape index (κ3) is 2.34. The minimum absolute atomic E-state index is 0.364. The summed E-state index contributed by atoms with van der Waals surface area (Å²) in [5, 5.41) is 8.81. The van der Waals surface area contributed by atoms with Gasteiger partial charge in [0.25, 0.3) is 0 Å². The fourth-order valence-corrected chi connectivity index (χ4v) is 1.26. The Bertz CT molecular complexity index is 384. The molecule has 0 fully saturated rings. The fourth-order valence-electron chi connectivity index (χ4n) is 1.26. The molecule has 1 unspecified atom stereocenters. The molecule has 0 saturated heterocycles. The van der Waals surface area contributed by atoms with Gasteiger partial charge in [-0.15, -0.1) is 0 Å². The Hall–Kier alpha value is -1.84. The first-order chi connectivity index (χ1) is 7.10. The number of aliphatic carboxylic acids is 1. The Morgan fingerprint density at radius 3 is 2.67 bits per heavy atom. The van der Waals surface area contributed by atoms with Gasteiger partial charge in [0.1, 0.15) is 5.75 Å². The summed E-state index contributed by atoms with van der Waals surface area (Å²) < 4.78 is 4.95. The second-order valence-corrected chi connectivity index (χ2v) is 3.18. The number of ether oxygens (including phenoxy) is 1. The van der Waals surface area contributed by atoms with Gasteiger partial charge in [-0.25, -0.2) is 0 Å². The summed E-state index contributed by atoms with van der Waals surface area (Å²) in [5.41, 5.74) is 0.952. The van der Waals surface area contributed by atoms with Crippen LogP contribution in [-0.4, -0.2) is 24.5 Å². The molecular formula is C11H12O4. The van der Waals surface area contributed by atoms with Gasteiger partial charge in [0.2, 0.25) is 0 Å². The van der Waals surface area contributed by atoms with Crippen LogP contribution in [0.25, 0.3) is 0 Å². The number of hydrogen-bond donors (Lipinski definition) is 1. The van der Waals surface area contributed by atoms with Gasteiger partial charge in [-0.2, -0.15) is 0 Å². The zero-order chi connectivity index (χ0) is 11.4. The number of methoxy groups -OCH3 is 1. The third-order valence-corrected chi connectivity index (χ3v) is 2.25. The lowest BCUT2D eigenvalue weighted by Crippen LogP contribution is -2.07. The average Bonchev–Trinajstić information content (AvgIpc) is 2.26. The fraction of sp³-hybridized carbons (Fsp3) is 0.273. The quantitative estimate of drug-likeness (QED) is 0.765. The molecule has 1 rings (SSSR count). The van der Waals surface area contributed by atoms with Gasteiger partial charge in [-0.05, 0) is 24.6 Å². The second-order valence-electron chi connectivity index (χ2n) is 3.18. The molecule has 0 saturated carbocycles. The van der Waals surface area contributed by atoms with Gasteiger partial charge in [0.15, 0.2) is 6.29 Å². The van der Waals surface area contributed by atoms with Gasteiger partial charge in [-0.1, -0.05) is 6.07 Å². The van der Waals surface area contributed by atoms with E-state index < -0.39 is 11.9 Å². The Labute approximate surface area is 87.5 Å². The Morgan fingerprint density at radius 1 is 1.53 bits per heavy atom. The van der Waals surface area contributed by atoms with Crippen LogP contribution in [-0.2, 0) is 4.79 Å². The van der Waals surface area contributed by atoms with E-state index in [9.17, 15) is 9.59 Å². The van der Waals surface area contributed by atoms with Crippen molar-refractivity contribution in [2.75, 3.05) is 7.11 Å². The van der Waals surface area contributed by atoms with Crippen LogP contribution in [0.4, 0.5) is 0 Å². The highest BCUT2D eigenvalue weighted by Crippen LogP contribution is 2.23. The maximum atomic E-state index is 10.7. The molecule has 80 valence electrons. The number of aldehydes is 1. The average molecular weight is 208 g/mol. The molecule has 0 aliphatic heterocycles. The van der Waals surface area contributed by atoms with E-state index in [1.165, 1.54) is 13.2 Å². The molecule has 0 aliphatic carbocycles. The number of carbonyl (C=O) groups excluding carboxylic acids is 1. The van der Waals surface area contributed by atoms with Crippen molar-refractivity contribution in [1.29, 1.82) is 0 Å². The first-order valence-electron chi connectivity index (χ1n) is 4.46. The first kappa shape index (κ1) is 11.2. The van der Waals surface area contributed by atoms with Gasteiger partial charge >= 0.3 is 5.97 Å². The zero-order valence-corrected chi connectivity index (χ0v) is 8.56. The molecule has 0 amide bonds. The van der Waals surface area contributed by atoms with Gasteiger partial charge in [0, 0.05) is 0 Å². The molecule has 4 heteroatoms. The number of carbonyl (C=O) groups is 2. The van der Waals surface area contributed by atoms with Gasteiger partial charge in [-0.3, -0.25) is 9.59 Å². The van der Waals surface area contributed by atoms with Crippen molar-refractivity contribution in [2.24, 2.45) is 0 Å². The third-order valence-electron chi connectivity index (χ3n) is 2.25. The van der Waals surface area contributed by atoms with Crippen LogP contribution in [0.1, 0.15) is 28.8 Å². The lowest BCUT2D eigenvalue weighted by Gasteiger charge is -2.09. The minimum atomic E-state index is -0.919. The maximum absolute atomic E-state index is 10.7. The highest BCUT2D eigenvalue weighted by molar-refractivity contribution is 5.81. The standard InChI is InChI=1S/C11H12O4/c1-7(11(13)14)8-3-4-10(15-2)9(5-8)6-12/h3-7H,1-2H3,(H,13,14). The number of benzene rings is 1. The minimum Gasteiger partial charge on any atom is -0.496 e. The van der Waals surface area contributed by atoms with Gasteiger partial charge < -0.3 is 9.84 Å². The SMILES string of the molecule is COc1ccc(C(C)C(=O)O)cc1C=O. The molecule has 0 radical (unpaired) electrons. The van der Waals surface area contributed by atoms with Gasteiger partial charge in [0.05, 0.1) is 18.6 Å². The molecule has 0 heterocycles. The van der Waals surface area contributed by atoms with Crippen molar-refractivity contribution in [3.63, 3.8) is 0 Å². The number of hydrogen-bond acceptors (Lipinski definition) is 3. The van der Waals surface area contributed by atoms with Crippen molar-refractivity contribution < 1.29 is 19.4 Å². The van der Waals surface area contributed by atoms with Crippen LogP contribution in [0.2, 0.25) is 0 Å². The Morgan fingerprint density at radius 2 is 2.20 bits per heavy atom. The van der Waals surface area contributed by atoms with E-state index in [1.807, 2.05) is 0 Å². The first-order valence-corrected chi connectivity index (χ1v) is 4.46. The maximum Gasteiger partial charge on any atom is 0.310 e. The topological polar surface area (TPSA) is 63.6 Å². The Balaban J connectivity index is 3.13. The molecule has 0 spiro atoms. The molecular weight excluding hydrogens is 196 g/mol. The van der Waals surface area contributed by atoms with Crippen molar-refractivity contribution in [2.45, 2.75) is 12.8 Å². The second kappa shape index (κ2) is 4.59. The number of carboxylic acid groups (broad SMARTS) is 1. The van der Waals surface area contributed by atoms with Crippen molar-refractivity contribution in [1.82, 2.24) is 0 Å². The van der Waals surface area contributed by atoms with E-state index >= 15 is 0 Å². The smallest absolute Gasteiger partial charge is 0.310 e. The van der Waals surface area contributed by atoms with Crippen molar-refractivity contribution >= 4 is 12.3 Å². The normalized spacial score (nSPS) is 11.9. The molecule has 1 atom stereocenters. The lowest BCUT2D eigenvalue weighted by molar-refractivity contribution is -0.138. The van der Waals surface area contributed by atoms with Crippen LogP contribution in [0, 0.1) is 0 Å². The summed E-state index contributed by atoms with van der Waals surface area (Å²) in [6.07, 6.45) is 0.650. The molecule has 1 N–H and O–H groups in total. The number of carboxylic acids is 1. The molecule has 0 aromatic heterocycles. The molecule has 1 aromatic carbocycles. The van der Waals surface area contributed by atoms with Crippen LogP contribution < -0.4 is 4.74 Å². The summed E-state index contributed by atoms with van der Waals surface area (Å²) in [6.45, 7) is 1.57. The van der Waals surface area contributed by atoms with Crippen LogP contribution in [0.15, 0.2) is 18.2 Å². The van der Waals surface area contributed by atoms with E-state index in [1.54, 1.807) is 19.1 Å². The lowest BCUT2D eigenvalue weighted by atomic mass is 9.99.